The summed E-state index contributed by atoms with van der Waals surface area (Å²) in [5, 5.41) is 0.590. The summed E-state index contributed by atoms with van der Waals surface area (Å²) in [6, 6.07) is 1.91. The van der Waals surface area contributed by atoms with E-state index in [1.807, 2.05) is 6.07 Å². The van der Waals surface area contributed by atoms with Gasteiger partial charge in [0.2, 0.25) is 0 Å². The second-order valence-electron chi connectivity index (χ2n) is 6.81. The van der Waals surface area contributed by atoms with E-state index in [9.17, 15) is 0 Å². The lowest BCUT2D eigenvalue weighted by Crippen LogP contribution is -2.19. The second kappa shape index (κ2) is 5.78. The molecule has 106 valence electrons. The highest BCUT2D eigenvalue weighted by atomic mass is 35.5. The third kappa shape index (κ3) is 3.68. The molecule has 2 nitrogen and oxygen atoms in total. The van der Waals surface area contributed by atoms with Gasteiger partial charge >= 0.3 is 0 Å². The number of nitrogens with zero attached hydrogens (tertiary/aromatic N) is 2. The van der Waals surface area contributed by atoms with Crippen LogP contribution in [-0.4, -0.2) is 9.97 Å². The highest BCUT2D eigenvalue weighted by molar-refractivity contribution is 6.29. The zero-order valence-electron chi connectivity index (χ0n) is 12.5. The normalized spacial score (nSPS) is 24.5. The molecule has 1 heterocycles. The summed E-state index contributed by atoms with van der Waals surface area (Å²) in [4.78, 5) is 9.26. The van der Waals surface area contributed by atoms with E-state index in [0.29, 0.717) is 11.1 Å². The molecule has 0 aromatic carbocycles. The van der Waals surface area contributed by atoms with Crippen LogP contribution < -0.4 is 0 Å². The van der Waals surface area contributed by atoms with Crippen molar-refractivity contribution in [2.24, 2.45) is 5.92 Å². The van der Waals surface area contributed by atoms with E-state index < -0.39 is 0 Å². The van der Waals surface area contributed by atoms with Crippen molar-refractivity contribution in [1.82, 2.24) is 9.97 Å². The fraction of sp³-hybridized carbons (Fsp3) is 0.750. The molecule has 0 aliphatic heterocycles. The van der Waals surface area contributed by atoms with Crippen LogP contribution in [0.15, 0.2) is 6.07 Å². The Morgan fingerprint density at radius 2 is 1.79 bits per heavy atom. The Morgan fingerprint density at radius 1 is 1.16 bits per heavy atom. The van der Waals surface area contributed by atoms with Gasteiger partial charge in [0.1, 0.15) is 11.0 Å². The second-order valence-corrected chi connectivity index (χ2v) is 7.20. The van der Waals surface area contributed by atoms with Crippen molar-refractivity contribution in [2.75, 3.05) is 0 Å². The Morgan fingerprint density at radius 3 is 2.32 bits per heavy atom. The molecular weight excluding hydrogens is 256 g/mol. The Hall–Kier alpha value is -0.630. The number of rotatable bonds is 2. The summed E-state index contributed by atoms with van der Waals surface area (Å²) < 4.78 is 0. The summed E-state index contributed by atoms with van der Waals surface area (Å²) in [5.41, 5.74) is 1.09. The molecule has 1 aliphatic rings. The van der Waals surface area contributed by atoms with Crippen molar-refractivity contribution in [1.29, 1.82) is 0 Å². The van der Waals surface area contributed by atoms with Crippen molar-refractivity contribution < 1.29 is 0 Å². The Bertz CT molecular complexity index is 429. The van der Waals surface area contributed by atoms with Gasteiger partial charge in [-0.15, -0.1) is 0 Å². The summed E-state index contributed by atoms with van der Waals surface area (Å²) in [7, 11) is 0. The molecule has 0 radical (unpaired) electrons. The topological polar surface area (TPSA) is 25.8 Å². The summed E-state index contributed by atoms with van der Waals surface area (Å²) in [5.74, 6) is 2.37. The van der Waals surface area contributed by atoms with Crippen LogP contribution in [-0.2, 0) is 5.41 Å². The largest absolute Gasteiger partial charge is 0.237 e. The van der Waals surface area contributed by atoms with Gasteiger partial charge < -0.3 is 0 Å². The van der Waals surface area contributed by atoms with Crippen molar-refractivity contribution in [2.45, 2.75) is 71.1 Å². The highest BCUT2D eigenvalue weighted by Gasteiger charge is 2.25. The standard InChI is InChI=1S/C16H25ClN2/c1-5-11-6-8-12(9-7-11)15-18-13(16(2,3)4)10-14(17)19-15/h10-12H,5-9H2,1-4H3. The van der Waals surface area contributed by atoms with E-state index in [2.05, 4.69) is 32.7 Å². The first-order valence-corrected chi connectivity index (χ1v) is 7.83. The molecule has 1 aliphatic carbocycles. The van der Waals surface area contributed by atoms with Gasteiger partial charge in [-0.3, -0.25) is 0 Å². The minimum Gasteiger partial charge on any atom is -0.237 e. The van der Waals surface area contributed by atoms with Gasteiger partial charge in [-0.2, -0.15) is 0 Å². The lowest BCUT2D eigenvalue weighted by atomic mass is 9.80. The van der Waals surface area contributed by atoms with E-state index >= 15 is 0 Å². The Labute approximate surface area is 122 Å². The maximum atomic E-state index is 6.18. The lowest BCUT2D eigenvalue weighted by molar-refractivity contribution is 0.311. The van der Waals surface area contributed by atoms with Gasteiger partial charge in [-0.05, 0) is 37.7 Å². The van der Waals surface area contributed by atoms with Crippen LogP contribution in [0, 0.1) is 5.92 Å². The highest BCUT2D eigenvalue weighted by Crippen LogP contribution is 2.36. The third-order valence-electron chi connectivity index (χ3n) is 4.27. The molecule has 1 saturated carbocycles. The summed E-state index contributed by atoms with van der Waals surface area (Å²) in [6.45, 7) is 8.80. The Balaban J connectivity index is 2.19. The molecule has 0 spiro atoms. The van der Waals surface area contributed by atoms with Crippen LogP contribution in [0.1, 0.15) is 77.2 Å². The molecule has 0 amide bonds. The zero-order chi connectivity index (χ0) is 14.0. The monoisotopic (exact) mass is 280 g/mol. The maximum Gasteiger partial charge on any atom is 0.133 e. The van der Waals surface area contributed by atoms with E-state index in [1.165, 1.54) is 32.1 Å². The van der Waals surface area contributed by atoms with Gasteiger partial charge in [0, 0.05) is 11.3 Å². The molecule has 19 heavy (non-hydrogen) atoms. The molecular formula is C16H25ClN2. The molecule has 1 aromatic rings. The van der Waals surface area contributed by atoms with Crippen LogP contribution in [0.5, 0.6) is 0 Å². The van der Waals surface area contributed by atoms with Crippen LogP contribution in [0.2, 0.25) is 5.15 Å². The first-order chi connectivity index (χ1) is 8.90. The quantitative estimate of drug-likeness (QED) is 0.704. The molecule has 0 bridgehead atoms. The van der Waals surface area contributed by atoms with Crippen molar-refractivity contribution in [3.05, 3.63) is 22.7 Å². The minimum absolute atomic E-state index is 0.0297. The number of hydrogen-bond acceptors (Lipinski definition) is 2. The van der Waals surface area contributed by atoms with Crippen molar-refractivity contribution in [3.8, 4) is 0 Å². The number of halogens is 1. The maximum absolute atomic E-state index is 6.18. The van der Waals surface area contributed by atoms with Crippen molar-refractivity contribution in [3.63, 3.8) is 0 Å². The molecule has 0 N–H and O–H groups in total. The smallest absolute Gasteiger partial charge is 0.133 e. The average molecular weight is 281 g/mol. The Kier molecular flexibility index (Phi) is 4.50. The van der Waals surface area contributed by atoms with Gasteiger partial charge in [0.05, 0.1) is 5.69 Å². The molecule has 0 saturated heterocycles. The summed E-state index contributed by atoms with van der Waals surface area (Å²) in [6.07, 6.45) is 6.34. The zero-order valence-corrected chi connectivity index (χ0v) is 13.3. The first-order valence-electron chi connectivity index (χ1n) is 7.45. The van der Waals surface area contributed by atoms with Gasteiger partial charge in [0.25, 0.3) is 0 Å². The van der Waals surface area contributed by atoms with Gasteiger partial charge in [-0.1, -0.05) is 45.7 Å². The molecule has 3 heteroatoms. The van der Waals surface area contributed by atoms with Crippen molar-refractivity contribution >= 4 is 11.6 Å². The SMILES string of the molecule is CCC1CCC(c2nc(Cl)cc(C(C)(C)C)n2)CC1. The fourth-order valence-corrected chi connectivity index (χ4v) is 3.02. The van der Waals surface area contributed by atoms with Crippen LogP contribution in [0.3, 0.4) is 0 Å². The van der Waals surface area contributed by atoms with E-state index in [-0.39, 0.29) is 5.41 Å². The summed E-state index contributed by atoms with van der Waals surface area (Å²) >= 11 is 6.18. The van der Waals surface area contributed by atoms with E-state index in [1.54, 1.807) is 0 Å². The predicted octanol–water partition coefficient (Wildman–Crippen LogP) is 5.11. The number of hydrogen-bond donors (Lipinski definition) is 0. The van der Waals surface area contributed by atoms with Gasteiger partial charge in [0.15, 0.2) is 0 Å². The van der Waals surface area contributed by atoms with Crippen LogP contribution in [0.25, 0.3) is 0 Å². The van der Waals surface area contributed by atoms with Crippen LogP contribution in [0.4, 0.5) is 0 Å². The molecule has 0 unspecified atom stereocenters. The fourth-order valence-electron chi connectivity index (χ4n) is 2.83. The minimum atomic E-state index is 0.0297. The molecule has 2 rings (SSSR count). The number of aromatic nitrogens is 2. The first kappa shape index (κ1) is 14.8. The van der Waals surface area contributed by atoms with Crippen LogP contribution >= 0.6 is 11.6 Å². The lowest BCUT2D eigenvalue weighted by Gasteiger charge is -2.28. The predicted molar refractivity (Wildman–Crippen MR) is 80.7 cm³/mol. The third-order valence-corrected chi connectivity index (χ3v) is 4.46. The molecule has 0 atom stereocenters. The van der Waals surface area contributed by atoms with E-state index in [4.69, 9.17) is 16.6 Å². The molecule has 1 fully saturated rings. The molecule has 1 aromatic heterocycles. The van der Waals surface area contributed by atoms with Gasteiger partial charge in [-0.25, -0.2) is 9.97 Å². The average Bonchev–Trinajstić information content (AvgIpc) is 2.37. The van der Waals surface area contributed by atoms with E-state index in [0.717, 1.165) is 17.4 Å².